The molecule has 0 atom stereocenters. The number of amides is 2. The van der Waals surface area contributed by atoms with Gasteiger partial charge in [0.2, 0.25) is 5.91 Å². The zero-order valence-corrected chi connectivity index (χ0v) is 18.0. The molecule has 0 saturated carbocycles. The molecule has 3 aromatic rings. The predicted octanol–water partition coefficient (Wildman–Crippen LogP) is 3.87. The van der Waals surface area contributed by atoms with Crippen molar-refractivity contribution in [2.45, 2.75) is 13.0 Å². The van der Waals surface area contributed by atoms with Crippen LogP contribution in [0.25, 0.3) is 0 Å². The molecule has 0 aliphatic rings. The lowest BCUT2D eigenvalue weighted by molar-refractivity contribution is -0.115. The first kappa shape index (κ1) is 21.9. The highest BCUT2D eigenvalue weighted by Crippen LogP contribution is 2.23. The van der Waals surface area contributed by atoms with E-state index in [1.807, 2.05) is 79.7 Å². The number of nitrogens with zero attached hydrogens (tertiary/aromatic N) is 1. The molecule has 3 rings (SSSR count). The standard InChI is InChI=1S/C25H27N3O3/c1-28(2)23-14-11-20(27-24(29)15-18-9-12-21(31-3)13-10-18)16-22(23)25(30)26-17-19-7-5-4-6-8-19/h4-14,16H,15,17H2,1-3H3,(H,26,30)(H,27,29). The van der Waals surface area contributed by atoms with Crippen LogP contribution in [0.4, 0.5) is 11.4 Å². The molecule has 0 saturated heterocycles. The third-order valence-electron chi connectivity index (χ3n) is 4.83. The third-order valence-corrected chi connectivity index (χ3v) is 4.83. The van der Waals surface area contributed by atoms with Crippen molar-refractivity contribution in [2.75, 3.05) is 31.4 Å². The Morgan fingerprint density at radius 1 is 0.903 bits per heavy atom. The number of carbonyl (C=O) groups is 2. The van der Waals surface area contributed by atoms with Gasteiger partial charge in [-0.25, -0.2) is 0 Å². The molecule has 0 spiro atoms. The number of nitrogens with one attached hydrogen (secondary N) is 2. The Balaban J connectivity index is 1.70. The van der Waals surface area contributed by atoms with Gasteiger partial charge >= 0.3 is 0 Å². The molecule has 160 valence electrons. The molecule has 6 heteroatoms. The van der Waals surface area contributed by atoms with E-state index in [1.54, 1.807) is 19.2 Å². The van der Waals surface area contributed by atoms with Crippen molar-refractivity contribution in [2.24, 2.45) is 0 Å². The van der Waals surface area contributed by atoms with Crippen LogP contribution in [0.5, 0.6) is 5.75 Å². The number of hydrogen-bond acceptors (Lipinski definition) is 4. The summed E-state index contributed by atoms with van der Waals surface area (Å²) in [5.74, 6) is 0.395. The molecule has 0 aromatic heterocycles. The SMILES string of the molecule is COc1ccc(CC(=O)Nc2ccc(N(C)C)c(C(=O)NCc3ccccc3)c2)cc1. The van der Waals surface area contributed by atoms with Gasteiger partial charge in [0.05, 0.1) is 19.1 Å². The number of carbonyl (C=O) groups excluding carboxylic acids is 2. The maximum absolute atomic E-state index is 12.9. The summed E-state index contributed by atoms with van der Waals surface area (Å²) < 4.78 is 5.14. The van der Waals surface area contributed by atoms with Crippen LogP contribution in [0.2, 0.25) is 0 Å². The minimum absolute atomic E-state index is 0.154. The van der Waals surface area contributed by atoms with Crippen molar-refractivity contribution >= 4 is 23.2 Å². The lowest BCUT2D eigenvalue weighted by atomic mass is 10.1. The summed E-state index contributed by atoms with van der Waals surface area (Å²) in [6.07, 6.45) is 0.231. The fourth-order valence-electron chi connectivity index (χ4n) is 3.19. The van der Waals surface area contributed by atoms with Crippen LogP contribution >= 0.6 is 0 Å². The van der Waals surface area contributed by atoms with Crippen LogP contribution in [0.1, 0.15) is 21.5 Å². The molecule has 0 bridgehead atoms. The molecule has 0 heterocycles. The second kappa shape index (κ2) is 10.3. The number of hydrogen-bond donors (Lipinski definition) is 2. The molecule has 6 nitrogen and oxygen atoms in total. The normalized spacial score (nSPS) is 10.3. The van der Waals surface area contributed by atoms with Gasteiger partial charge in [-0.2, -0.15) is 0 Å². The Morgan fingerprint density at radius 3 is 2.26 bits per heavy atom. The average molecular weight is 418 g/mol. The van der Waals surface area contributed by atoms with Gasteiger partial charge < -0.3 is 20.3 Å². The van der Waals surface area contributed by atoms with Crippen molar-refractivity contribution in [3.63, 3.8) is 0 Å². The lowest BCUT2D eigenvalue weighted by Gasteiger charge is -2.18. The minimum atomic E-state index is -0.196. The maximum atomic E-state index is 12.9. The summed E-state index contributed by atoms with van der Waals surface area (Å²) >= 11 is 0. The van der Waals surface area contributed by atoms with E-state index in [0.717, 1.165) is 22.6 Å². The van der Waals surface area contributed by atoms with Crippen LogP contribution in [-0.2, 0) is 17.8 Å². The van der Waals surface area contributed by atoms with Crippen LogP contribution in [0, 0.1) is 0 Å². The molecule has 0 radical (unpaired) electrons. The number of rotatable bonds is 8. The number of ether oxygens (including phenoxy) is 1. The van der Waals surface area contributed by atoms with Crippen molar-refractivity contribution in [1.29, 1.82) is 0 Å². The zero-order valence-electron chi connectivity index (χ0n) is 18.0. The lowest BCUT2D eigenvalue weighted by Crippen LogP contribution is -2.26. The Morgan fingerprint density at radius 2 is 1.61 bits per heavy atom. The molecule has 0 unspecified atom stereocenters. The molecular weight excluding hydrogens is 390 g/mol. The molecule has 0 fully saturated rings. The van der Waals surface area contributed by atoms with E-state index < -0.39 is 0 Å². The first-order valence-electron chi connectivity index (χ1n) is 10.0. The Labute approximate surface area is 182 Å². The molecule has 0 aliphatic heterocycles. The number of anilines is 2. The fourth-order valence-corrected chi connectivity index (χ4v) is 3.19. The Kier molecular flexibility index (Phi) is 7.27. The van der Waals surface area contributed by atoms with Crippen LogP contribution < -0.4 is 20.3 Å². The summed E-state index contributed by atoms with van der Waals surface area (Å²) in [5, 5.41) is 5.84. The minimum Gasteiger partial charge on any atom is -0.497 e. The van der Waals surface area contributed by atoms with E-state index in [2.05, 4.69) is 10.6 Å². The largest absolute Gasteiger partial charge is 0.497 e. The Hall–Kier alpha value is -3.80. The predicted molar refractivity (Wildman–Crippen MR) is 124 cm³/mol. The van der Waals surface area contributed by atoms with Crippen molar-refractivity contribution in [3.05, 3.63) is 89.5 Å². The fraction of sp³-hybridized carbons (Fsp3) is 0.200. The summed E-state index contributed by atoms with van der Waals surface area (Å²) in [6.45, 7) is 0.431. The zero-order chi connectivity index (χ0) is 22.2. The highest BCUT2D eigenvalue weighted by atomic mass is 16.5. The highest BCUT2D eigenvalue weighted by Gasteiger charge is 2.15. The Bertz CT molecular complexity index is 1030. The summed E-state index contributed by atoms with van der Waals surface area (Å²) in [7, 11) is 5.36. The van der Waals surface area contributed by atoms with Crippen molar-refractivity contribution in [1.82, 2.24) is 5.32 Å². The van der Waals surface area contributed by atoms with Gasteiger partial charge in [0.25, 0.3) is 5.91 Å². The van der Waals surface area contributed by atoms with Crippen LogP contribution in [-0.4, -0.2) is 33.0 Å². The molecule has 2 amide bonds. The van der Waals surface area contributed by atoms with E-state index >= 15 is 0 Å². The quantitative estimate of drug-likeness (QED) is 0.584. The summed E-state index contributed by atoms with van der Waals surface area (Å²) in [6, 6.07) is 22.4. The first-order valence-corrected chi connectivity index (χ1v) is 10.0. The molecule has 2 N–H and O–H groups in total. The van der Waals surface area contributed by atoms with Crippen molar-refractivity contribution < 1.29 is 14.3 Å². The second-order valence-corrected chi connectivity index (χ2v) is 7.37. The number of benzene rings is 3. The molecular formula is C25H27N3O3. The van der Waals surface area contributed by atoms with Gasteiger partial charge in [0.1, 0.15) is 5.75 Å². The summed E-state index contributed by atoms with van der Waals surface area (Å²) in [5.41, 5.74) is 3.76. The molecule has 0 aliphatic carbocycles. The van der Waals surface area contributed by atoms with Gasteiger partial charge in [-0.05, 0) is 41.5 Å². The molecule has 3 aromatic carbocycles. The monoisotopic (exact) mass is 417 g/mol. The van der Waals surface area contributed by atoms with Gasteiger partial charge in [0.15, 0.2) is 0 Å². The van der Waals surface area contributed by atoms with Crippen LogP contribution in [0.3, 0.4) is 0 Å². The summed E-state index contributed by atoms with van der Waals surface area (Å²) in [4.78, 5) is 27.2. The topological polar surface area (TPSA) is 70.7 Å². The number of methoxy groups -OCH3 is 1. The first-order chi connectivity index (χ1) is 15.0. The van der Waals surface area contributed by atoms with E-state index in [4.69, 9.17) is 4.74 Å². The van der Waals surface area contributed by atoms with E-state index in [1.165, 1.54) is 0 Å². The van der Waals surface area contributed by atoms with E-state index in [-0.39, 0.29) is 18.2 Å². The van der Waals surface area contributed by atoms with Gasteiger partial charge in [-0.15, -0.1) is 0 Å². The van der Waals surface area contributed by atoms with Gasteiger partial charge in [-0.1, -0.05) is 42.5 Å². The highest BCUT2D eigenvalue weighted by molar-refractivity contribution is 6.02. The van der Waals surface area contributed by atoms with Gasteiger partial charge in [0, 0.05) is 32.0 Å². The van der Waals surface area contributed by atoms with E-state index in [9.17, 15) is 9.59 Å². The smallest absolute Gasteiger partial charge is 0.253 e. The van der Waals surface area contributed by atoms with Gasteiger partial charge in [-0.3, -0.25) is 9.59 Å². The average Bonchev–Trinajstić information content (AvgIpc) is 2.78. The van der Waals surface area contributed by atoms with Crippen LogP contribution in [0.15, 0.2) is 72.8 Å². The third kappa shape index (κ3) is 6.09. The maximum Gasteiger partial charge on any atom is 0.253 e. The van der Waals surface area contributed by atoms with E-state index in [0.29, 0.717) is 17.8 Å². The second-order valence-electron chi connectivity index (χ2n) is 7.37. The van der Waals surface area contributed by atoms with Crippen molar-refractivity contribution in [3.8, 4) is 5.75 Å². The molecule has 31 heavy (non-hydrogen) atoms.